The predicted molar refractivity (Wildman–Crippen MR) is 80.2 cm³/mol. The number of nitrogens with one attached hydrogen (secondary N) is 1. The molecule has 0 radical (unpaired) electrons. The number of rotatable bonds is 7. The fourth-order valence-electron chi connectivity index (χ4n) is 1.73. The maximum absolute atomic E-state index is 12.0. The zero-order chi connectivity index (χ0) is 15.1. The van der Waals surface area contributed by atoms with Crippen LogP contribution in [0.3, 0.4) is 0 Å². The lowest BCUT2D eigenvalue weighted by atomic mass is 10.2. The van der Waals surface area contributed by atoms with Gasteiger partial charge in [-0.25, -0.2) is 0 Å². The van der Waals surface area contributed by atoms with Gasteiger partial charge < -0.3 is 10.1 Å². The largest absolute Gasteiger partial charge is 0.368 e. The Kier molecular flexibility index (Phi) is 5.22. The van der Waals surface area contributed by atoms with Crippen molar-refractivity contribution in [3.8, 4) is 5.69 Å². The van der Waals surface area contributed by atoms with Crippen LogP contribution < -0.4 is 5.32 Å². The van der Waals surface area contributed by atoms with Gasteiger partial charge >= 0.3 is 0 Å². The van der Waals surface area contributed by atoms with Crippen molar-refractivity contribution in [1.29, 1.82) is 0 Å². The standard InChI is InChI=1S/C15H18N4O2/c1-3-4-8-21-12(2)15(20)18-13-6-5-7-14(9-13)19-10-16-17-11-19/h3,5-7,9-12H,1,4,8H2,2H3,(H,18,20). The van der Waals surface area contributed by atoms with E-state index < -0.39 is 6.10 Å². The molecule has 1 atom stereocenters. The van der Waals surface area contributed by atoms with Gasteiger partial charge in [0.15, 0.2) is 0 Å². The minimum absolute atomic E-state index is 0.181. The summed E-state index contributed by atoms with van der Waals surface area (Å²) in [5.41, 5.74) is 1.57. The molecular formula is C15H18N4O2. The number of aromatic nitrogens is 3. The molecule has 0 fully saturated rings. The molecular weight excluding hydrogens is 268 g/mol. The van der Waals surface area contributed by atoms with Gasteiger partial charge in [-0.15, -0.1) is 16.8 Å². The third-order valence-corrected chi connectivity index (χ3v) is 2.89. The van der Waals surface area contributed by atoms with E-state index in [0.717, 1.165) is 12.1 Å². The van der Waals surface area contributed by atoms with Crippen LogP contribution in [0.4, 0.5) is 5.69 Å². The highest BCUT2D eigenvalue weighted by atomic mass is 16.5. The first-order valence-corrected chi connectivity index (χ1v) is 6.69. The first-order valence-electron chi connectivity index (χ1n) is 6.69. The number of hydrogen-bond donors (Lipinski definition) is 1. The van der Waals surface area contributed by atoms with E-state index in [-0.39, 0.29) is 5.91 Å². The molecule has 0 saturated heterocycles. The fourth-order valence-corrected chi connectivity index (χ4v) is 1.73. The topological polar surface area (TPSA) is 69.0 Å². The van der Waals surface area contributed by atoms with Gasteiger partial charge in [0, 0.05) is 5.69 Å². The number of amides is 1. The van der Waals surface area contributed by atoms with Crippen molar-refractivity contribution in [1.82, 2.24) is 14.8 Å². The summed E-state index contributed by atoms with van der Waals surface area (Å²) >= 11 is 0. The summed E-state index contributed by atoms with van der Waals surface area (Å²) in [5.74, 6) is -0.181. The minimum atomic E-state index is -0.511. The van der Waals surface area contributed by atoms with Gasteiger partial charge in [0.1, 0.15) is 18.8 Å². The molecule has 0 aliphatic heterocycles. The van der Waals surface area contributed by atoms with Crippen LogP contribution in [0.15, 0.2) is 49.6 Å². The molecule has 1 unspecified atom stereocenters. The second kappa shape index (κ2) is 7.35. The zero-order valence-electron chi connectivity index (χ0n) is 11.9. The number of ether oxygens (including phenoxy) is 1. The van der Waals surface area contributed by atoms with Crippen LogP contribution in [-0.4, -0.2) is 33.4 Å². The van der Waals surface area contributed by atoms with E-state index >= 15 is 0 Å². The lowest BCUT2D eigenvalue weighted by molar-refractivity contribution is -0.126. The summed E-state index contributed by atoms with van der Waals surface area (Å²) in [5, 5.41) is 10.3. The smallest absolute Gasteiger partial charge is 0.253 e. The predicted octanol–water partition coefficient (Wildman–Crippen LogP) is 2.19. The van der Waals surface area contributed by atoms with E-state index in [1.165, 1.54) is 0 Å². The van der Waals surface area contributed by atoms with Gasteiger partial charge in [-0.05, 0) is 31.5 Å². The molecule has 0 spiro atoms. The molecule has 1 aromatic carbocycles. The summed E-state index contributed by atoms with van der Waals surface area (Å²) in [4.78, 5) is 12.0. The van der Waals surface area contributed by atoms with Gasteiger partial charge in [-0.2, -0.15) is 0 Å². The number of anilines is 1. The van der Waals surface area contributed by atoms with Gasteiger partial charge in [-0.3, -0.25) is 9.36 Å². The van der Waals surface area contributed by atoms with Crippen LogP contribution in [0.2, 0.25) is 0 Å². The Hall–Kier alpha value is -2.47. The Balaban J connectivity index is 1.98. The van der Waals surface area contributed by atoms with E-state index in [1.54, 1.807) is 30.2 Å². The SMILES string of the molecule is C=CCCOC(C)C(=O)Nc1cccc(-n2cnnc2)c1. The Morgan fingerprint density at radius 3 is 2.95 bits per heavy atom. The van der Waals surface area contributed by atoms with E-state index in [1.807, 2.05) is 24.3 Å². The highest BCUT2D eigenvalue weighted by Gasteiger charge is 2.13. The Morgan fingerprint density at radius 2 is 2.24 bits per heavy atom. The summed E-state index contributed by atoms with van der Waals surface area (Å²) < 4.78 is 7.17. The Bertz CT molecular complexity index is 595. The molecule has 1 heterocycles. The van der Waals surface area contributed by atoms with Crippen LogP contribution in [0.1, 0.15) is 13.3 Å². The average Bonchev–Trinajstić information content (AvgIpc) is 3.02. The minimum Gasteiger partial charge on any atom is -0.368 e. The summed E-state index contributed by atoms with van der Waals surface area (Å²) in [6.45, 7) is 5.82. The maximum Gasteiger partial charge on any atom is 0.253 e. The molecule has 1 aromatic heterocycles. The lowest BCUT2D eigenvalue weighted by Crippen LogP contribution is -2.28. The highest BCUT2D eigenvalue weighted by Crippen LogP contribution is 2.14. The second-order valence-electron chi connectivity index (χ2n) is 4.50. The average molecular weight is 286 g/mol. The van der Waals surface area contributed by atoms with Crippen LogP contribution in [0.5, 0.6) is 0 Å². The molecule has 2 aromatic rings. The Morgan fingerprint density at radius 1 is 1.48 bits per heavy atom. The number of benzene rings is 1. The van der Waals surface area contributed by atoms with Crippen LogP contribution in [-0.2, 0) is 9.53 Å². The molecule has 0 bridgehead atoms. The molecule has 2 rings (SSSR count). The van der Waals surface area contributed by atoms with Gasteiger partial charge in [-0.1, -0.05) is 12.1 Å². The highest BCUT2D eigenvalue weighted by molar-refractivity contribution is 5.94. The maximum atomic E-state index is 12.0. The Labute approximate surface area is 123 Å². The number of carbonyl (C=O) groups excluding carboxylic acids is 1. The summed E-state index contributed by atoms with van der Waals surface area (Å²) in [6, 6.07) is 7.43. The van der Waals surface area contributed by atoms with Gasteiger partial charge in [0.2, 0.25) is 0 Å². The zero-order valence-corrected chi connectivity index (χ0v) is 11.9. The van der Waals surface area contributed by atoms with E-state index in [2.05, 4.69) is 22.1 Å². The van der Waals surface area contributed by atoms with Crippen LogP contribution in [0, 0.1) is 0 Å². The van der Waals surface area contributed by atoms with Gasteiger partial charge in [0.05, 0.1) is 12.3 Å². The fraction of sp³-hybridized carbons (Fsp3) is 0.267. The number of carbonyl (C=O) groups is 1. The van der Waals surface area contributed by atoms with E-state index in [9.17, 15) is 4.79 Å². The third-order valence-electron chi connectivity index (χ3n) is 2.89. The molecule has 110 valence electrons. The number of nitrogens with zero attached hydrogens (tertiary/aromatic N) is 3. The van der Waals surface area contributed by atoms with Crippen molar-refractivity contribution in [3.05, 3.63) is 49.6 Å². The molecule has 6 nitrogen and oxygen atoms in total. The van der Waals surface area contributed by atoms with Crippen molar-refractivity contribution in [3.63, 3.8) is 0 Å². The van der Waals surface area contributed by atoms with Crippen LogP contribution >= 0.6 is 0 Å². The molecule has 0 aliphatic rings. The lowest BCUT2D eigenvalue weighted by Gasteiger charge is -2.13. The monoisotopic (exact) mass is 286 g/mol. The van der Waals surface area contributed by atoms with E-state index in [0.29, 0.717) is 12.3 Å². The molecule has 6 heteroatoms. The quantitative estimate of drug-likeness (QED) is 0.625. The van der Waals surface area contributed by atoms with Crippen molar-refractivity contribution < 1.29 is 9.53 Å². The van der Waals surface area contributed by atoms with Crippen molar-refractivity contribution in [2.24, 2.45) is 0 Å². The third kappa shape index (κ3) is 4.25. The van der Waals surface area contributed by atoms with Gasteiger partial charge in [0.25, 0.3) is 5.91 Å². The molecule has 1 amide bonds. The first-order chi connectivity index (χ1) is 10.2. The van der Waals surface area contributed by atoms with Crippen molar-refractivity contribution in [2.45, 2.75) is 19.4 Å². The second-order valence-corrected chi connectivity index (χ2v) is 4.50. The molecule has 21 heavy (non-hydrogen) atoms. The van der Waals surface area contributed by atoms with Crippen molar-refractivity contribution in [2.75, 3.05) is 11.9 Å². The molecule has 0 aliphatic carbocycles. The first kappa shape index (κ1) is 14.9. The van der Waals surface area contributed by atoms with E-state index in [4.69, 9.17) is 4.74 Å². The van der Waals surface area contributed by atoms with Crippen molar-refractivity contribution >= 4 is 11.6 Å². The summed E-state index contributed by atoms with van der Waals surface area (Å²) in [6.07, 6.45) is 5.17. The molecule has 0 saturated carbocycles. The molecule has 1 N–H and O–H groups in total. The normalized spacial score (nSPS) is 11.9. The summed E-state index contributed by atoms with van der Waals surface area (Å²) in [7, 11) is 0. The van der Waals surface area contributed by atoms with Crippen LogP contribution in [0.25, 0.3) is 5.69 Å². The number of hydrogen-bond acceptors (Lipinski definition) is 4.